The van der Waals surface area contributed by atoms with Gasteiger partial charge in [0.25, 0.3) is 0 Å². The lowest BCUT2D eigenvalue weighted by Gasteiger charge is -2.28. The average molecular weight is 330 g/mol. The van der Waals surface area contributed by atoms with Crippen LogP contribution in [0.15, 0.2) is 42.7 Å². The lowest BCUT2D eigenvalue weighted by Crippen LogP contribution is -2.41. The molecule has 0 radical (unpaired) electrons. The Morgan fingerprint density at radius 2 is 1.75 bits per heavy atom. The summed E-state index contributed by atoms with van der Waals surface area (Å²) in [6, 6.07) is 9.42. The predicted octanol–water partition coefficient (Wildman–Crippen LogP) is 3.13. The fraction of sp³-hybridized carbons (Fsp3) is 0.353. The minimum absolute atomic E-state index is 0.00862. The number of halogens is 1. The average Bonchev–Trinajstić information content (AvgIpc) is 2.59. The molecule has 2 N–H and O–H groups in total. The summed E-state index contributed by atoms with van der Waals surface area (Å²) < 4.78 is 18.4. The van der Waals surface area contributed by atoms with Gasteiger partial charge in [-0.15, -0.1) is 0 Å². The first kappa shape index (κ1) is 16.2. The minimum atomic E-state index is -0.486. The summed E-state index contributed by atoms with van der Waals surface area (Å²) >= 11 is 0. The van der Waals surface area contributed by atoms with Crippen molar-refractivity contribution in [2.24, 2.45) is 0 Å². The molecule has 3 rings (SSSR count). The van der Waals surface area contributed by atoms with E-state index in [2.05, 4.69) is 20.6 Å². The van der Waals surface area contributed by atoms with Crippen molar-refractivity contribution in [1.29, 1.82) is 0 Å². The van der Waals surface area contributed by atoms with Gasteiger partial charge in [-0.3, -0.25) is 0 Å². The number of carbonyl (C=O) groups excluding carboxylic acids is 1. The summed E-state index contributed by atoms with van der Waals surface area (Å²) in [6.45, 7) is 0. The quantitative estimate of drug-likeness (QED) is 0.903. The molecule has 0 bridgehead atoms. The van der Waals surface area contributed by atoms with Gasteiger partial charge in [-0.1, -0.05) is 18.2 Å². The van der Waals surface area contributed by atoms with Crippen LogP contribution in [0.2, 0.25) is 0 Å². The van der Waals surface area contributed by atoms with Gasteiger partial charge in [-0.2, -0.15) is 0 Å². The van der Waals surface area contributed by atoms with Crippen LogP contribution in [-0.4, -0.2) is 28.1 Å². The summed E-state index contributed by atoms with van der Waals surface area (Å²) in [6.07, 6.45) is 5.37. The Bertz CT molecular complexity index is 658. The number of urea groups is 1. The lowest BCUT2D eigenvalue weighted by molar-refractivity contribution is 0.129. The second kappa shape index (κ2) is 7.72. The van der Waals surface area contributed by atoms with Crippen LogP contribution in [0, 0.1) is 5.82 Å². The van der Waals surface area contributed by atoms with E-state index in [0.29, 0.717) is 0 Å². The van der Waals surface area contributed by atoms with Crippen LogP contribution in [0.4, 0.5) is 14.9 Å². The zero-order chi connectivity index (χ0) is 16.8. The van der Waals surface area contributed by atoms with Crippen LogP contribution in [0.3, 0.4) is 0 Å². The van der Waals surface area contributed by atoms with Crippen molar-refractivity contribution in [2.75, 3.05) is 5.32 Å². The van der Waals surface area contributed by atoms with E-state index < -0.39 is 5.82 Å². The summed E-state index contributed by atoms with van der Waals surface area (Å²) in [5.74, 6) is -0.486. The standard InChI is InChI=1S/C17H19FN4O2/c18-12-10-19-17(20-11-12)24-15-8-6-14(7-9-15)22-16(23)21-13-4-2-1-3-5-13/h1-5,10-11,14-15H,6-9H2,(H2,21,22,23). The molecule has 0 aliphatic heterocycles. The van der Waals surface area contributed by atoms with Gasteiger partial charge < -0.3 is 15.4 Å². The van der Waals surface area contributed by atoms with E-state index in [4.69, 9.17) is 4.74 Å². The second-order valence-corrected chi connectivity index (χ2v) is 5.74. The van der Waals surface area contributed by atoms with Gasteiger partial charge >= 0.3 is 12.0 Å². The minimum Gasteiger partial charge on any atom is -0.460 e. The Morgan fingerprint density at radius 1 is 1.08 bits per heavy atom. The van der Waals surface area contributed by atoms with Crippen molar-refractivity contribution < 1.29 is 13.9 Å². The van der Waals surface area contributed by atoms with Gasteiger partial charge in [0.15, 0.2) is 5.82 Å². The number of nitrogens with zero attached hydrogens (tertiary/aromatic N) is 2. The van der Waals surface area contributed by atoms with E-state index in [1.54, 1.807) is 0 Å². The summed E-state index contributed by atoms with van der Waals surface area (Å²) in [7, 11) is 0. The third-order valence-electron chi connectivity index (χ3n) is 3.91. The number of hydrogen-bond acceptors (Lipinski definition) is 4. The van der Waals surface area contributed by atoms with Gasteiger partial charge in [0.05, 0.1) is 12.4 Å². The van der Waals surface area contributed by atoms with Gasteiger partial charge in [0.1, 0.15) is 6.10 Å². The first-order chi connectivity index (χ1) is 11.7. The highest BCUT2D eigenvalue weighted by atomic mass is 19.1. The molecule has 0 spiro atoms. The molecule has 1 aliphatic carbocycles. The van der Waals surface area contributed by atoms with E-state index in [1.165, 1.54) is 0 Å². The number of aromatic nitrogens is 2. The molecule has 1 aliphatic rings. The Labute approximate surface area is 139 Å². The number of amides is 2. The monoisotopic (exact) mass is 330 g/mol. The molecule has 1 fully saturated rings. The SMILES string of the molecule is O=C(Nc1ccccc1)NC1CCC(Oc2ncc(F)cn2)CC1. The molecule has 2 aromatic rings. The topological polar surface area (TPSA) is 76.1 Å². The third kappa shape index (κ3) is 4.65. The second-order valence-electron chi connectivity index (χ2n) is 5.74. The van der Waals surface area contributed by atoms with E-state index >= 15 is 0 Å². The molecule has 126 valence electrons. The maximum absolute atomic E-state index is 12.8. The molecule has 0 atom stereocenters. The molecule has 7 heteroatoms. The van der Waals surface area contributed by atoms with E-state index in [0.717, 1.165) is 43.8 Å². The molecule has 24 heavy (non-hydrogen) atoms. The molecular formula is C17H19FN4O2. The van der Waals surface area contributed by atoms with Gasteiger partial charge in [-0.05, 0) is 37.8 Å². The lowest BCUT2D eigenvalue weighted by atomic mass is 9.93. The summed E-state index contributed by atoms with van der Waals surface area (Å²) in [5.41, 5.74) is 0.764. The Balaban J connectivity index is 1.41. The zero-order valence-electron chi connectivity index (χ0n) is 13.1. The van der Waals surface area contributed by atoms with Crippen molar-refractivity contribution in [1.82, 2.24) is 15.3 Å². The van der Waals surface area contributed by atoms with Crippen LogP contribution in [0.25, 0.3) is 0 Å². The van der Waals surface area contributed by atoms with Crippen molar-refractivity contribution in [3.63, 3.8) is 0 Å². The summed E-state index contributed by atoms with van der Waals surface area (Å²) in [5, 5.41) is 5.78. The van der Waals surface area contributed by atoms with Crippen LogP contribution in [-0.2, 0) is 0 Å². The fourth-order valence-electron chi connectivity index (χ4n) is 2.71. The third-order valence-corrected chi connectivity index (χ3v) is 3.91. The number of anilines is 1. The highest BCUT2D eigenvalue weighted by molar-refractivity contribution is 5.89. The smallest absolute Gasteiger partial charge is 0.319 e. The van der Waals surface area contributed by atoms with Crippen molar-refractivity contribution in [2.45, 2.75) is 37.8 Å². The predicted molar refractivity (Wildman–Crippen MR) is 87.3 cm³/mol. The largest absolute Gasteiger partial charge is 0.460 e. The van der Waals surface area contributed by atoms with Gasteiger partial charge in [0.2, 0.25) is 0 Å². The number of nitrogens with one attached hydrogen (secondary N) is 2. The van der Waals surface area contributed by atoms with Crippen LogP contribution in [0.1, 0.15) is 25.7 Å². The van der Waals surface area contributed by atoms with Crippen LogP contribution in [0.5, 0.6) is 6.01 Å². The Morgan fingerprint density at radius 3 is 2.42 bits per heavy atom. The van der Waals surface area contributed by atoms with Gasteiger partial charge in [0, 0.05) is 11.7 Å². The number of hydrogen-bond donors (Lipinski definition) is 2. The number of rotatable bonds is 4. The molecule has 6 nitrogen and oxygen atoms in total. The first-order valence-electron chi connectivity index (χ1n) is 7.96. The highest BCUT2D eigenvalue weighted by Crippen LogP contribution is 2.22. The molecule has 1 aromatic heterocycles. The molecule has 1 saturated carbocycles. The van der Waals surface area contributed by atoms with Crippen molar-refractivity contribution in [3.8, 4) is 6.01 Å². The molecular weight excluding hydrogens is 311 g/mol. The number of carbonyl (C=O) groups is 1. The van der Waals surface area contributed by atoms with Crippen molar-refractivity contribution >= 4 is 11.7 Å². The van der Waals surface area contributed by atoms with E-state index in [1.807, 2.05) is 30.3 Å². The first-order valence-corrected chi connectivity index (χ1v) is 7.96. The van der Waals surface area contributed by atoms with Crippen LogP contribution < -0.4 is 15.4 Å². The van der Waals surface area contributed by atoms with E-state index in [-0.39, 0.29) is 24.2 Å². The molecule has 0 unspecified atom stereocenters. The number of ether oxygens (including phenoxy) is 1. The molecule has 1 heterocycles. The maximum atomic E-state index is 12.8. The molecule has 0 saturated heterocycles. The Kier molecular flexibility index (Phi) is 5.20. The summed E-state index contributed by atoms with van der Waals surface area (Å²) in [4.78, 5) is 19.6. The maximum Gasteiger partial charge on any atom is 0.319 e. The zero-order valence-corrected chi connectivity index (χ0v) is 13.1. The van der Waals surface area contributed by atoms with Crippen molar-refractivity contribution in [3.05, 3.63) is 48.5 Å². The Hall–Kier alpha value is -2.70. The fourth-order valence-corrected chi connectivity index (χ4v) is 2.71. The normalized spacial score (nSPS) is 20.2. The van der Waals surface area contributed by atoms with Gasteiger partial charge in [-0.25, -0.2) is 19.2 Å². The highest BCUT2D eigenvalue weighted by Gasteiger charge is 2.24. The number of benzene rings is 1. The molecule has 2 amide bonds. The number of para-hydroxylation sites is 1. The molecule has 1 aromatic carbocycles. The van der Waals surface area contributed by atoms with E-state index in [9.17, 15) is 9.18 Å². The van der Waals surface area contributed by atoms with Crippen LogP contribution >= 0.6 is 0 Å².